The minimum atomic E-state index is 0.910. The van der Waals surface area contributed by atoms with Crippen molar-refractivity contribution in [2.45, 2.75) is 38.5 Å². The molecule has 96 valence electrons. The third-order valence-corrected chi connectivity index (χ3v) is 4.46. The van der Waals surface area contributed by atoms with Crippen molar-refractivity contribution in [2.75, 3.05) is 7.11 Å². The van der Waals surface area contributed by atoms with Crippen LogP contribution >= 0.6 is 0 Å². The van der Waals surface area contributed by atoms with E-state index in [0.29, 0.717) is 0 Å². The molecule has 0 unspecified atom stereocenters. The first-order valence-corrected chi connectivity index (χ1v) is 7.21. The third kappa shape index (κ3) is 2.60. The van der Waals surface area contributed by atoms with Crippen LogP contribution in [0.5, 0.6) is 5.75 Å². The topological polar surface area (TPSA) is 9.23 Å². The maximum absolute atomic E-state index is 5.19. The van der Waals surface area contributed by atoms with Gasteiger partial charge in [0.1, 0.15) is 5.75 Å². The quantitative estimate of drug-likeness (QED) is 0.748. The first-order valence-electron chi connectivity index (χ1n) is 7.21. The summed E-state index contributed by atoms with van der Waals surface area (Å²) in [6.07, 6.45) is 11.0. The Morgan fingerprint density at radius 1 is 1.06 bits per heavy atom. The molecule has 18 heavy (non-hydrogen) atoms. The molecule has 1 heteroatoms. The molecule has 2 fully saturated rings. The van der Waals surface area contributed by atoms with E-state index in [2.05, 4.69) is 18.2 Å². The lowest BCUT2D eigenvalue weighted by molar-refractivity contribution is 0.330. The molecule has 1 aromatic rings. The van der Waals surface area contributed by atoms with Crippen LogP contribution in [-0.4, -0.2) is 7.11 Å². The lowest BCUT2D eigenvalue weighted by Gasteiger charge is -2.20. The van der Waals surface area contributed by atoms with Crippen molar-refractivity contribution in [3.8, 4) is 5.75 Å². The van der Waals surface area contributed by atoms with E-state index in [1.54, 1.807) is 12.7 Å². The molecule has 2 saturated carbocycles. The van der Waals surface area contributed by atoms with Gasteiger partial charge in [-0.1, -0.05) is 43.0 Å². The highest BCUT2D eigenvalue weighted by Gasteiger charge is 2.36. The highest BCUT2D eigenvalue weighted by atomic mass is 16.5. The van der Waals surface area contributed by atoms with Crippen molar-refractivity contribution in [1.29, 1.82) is 0 Å². The van der Waals surface area contributed by atoms with E-state index in [4.69, 9.17) is 4.74 Å². The van der Waals surface area contributed by atoms with Crippen LogP contribution in [0.4, 0.5) is 0 Å². The van der Waals surface area contributed by atoms with Crippen molar-refractivity contribution < 1.29 is 4.74 Å². The molecule has 0 bridgehead atoms. The molecule has 1 atom stereocenters. The number of benzene rings is 1. The van der Waals surface area contributed by atoms with Gasteiger partial charge < -0.3 is 4.74 Å². The minimum Gasteiger partial charge on any atom is -0.497 e. The highest BCUT2D eigenvalue weighted by Crippen LogP contribution is 2.49. The molecular weight excluding hydrogens is 220 g/mol. The van der Waals surface area contributed by atoms with Gasteiger partial charge in [0, 0.05) is 0 Å². The zero-order chi connectivity index (χ0) is 12.4. The van der Waals surface area contributed by atoms with Gasteiger partial charge in [-0.15, -0.1) is 0 Å². The van der Waals surface area contributed by atoms with E-state index in [1.807, 2.05) is 12.1 Å². The molecule has 0 aromatic heterocycles. The molecule has 2 aliphatic rings. The van der Waals surface area contributed by atoms with Crippen LogP contribution in [0.1, 0.15) is 44.1 Å². The van der Waals surface area contributed by atoms with E-state index >= 15 is 0 Å². The molecule has 0 radical (unpaired) electrons. The summed E-state index contributed by atoms with van der Waals surface area (Å²) < 4.78 is 5.19. The van der Waals surface area contributed by atoms with E-state index in [1.165, 1.54) is 44.1 Å². The Bertz CT molecular complexity index is 423. The first-order chi connectivity index (χ1) is 8.86. The van der Waals surface area contributed by atoms with Gasteiger partial charge in [-0.2, -0.15) is 0 Å². The van der Waals surface area contributed by atoms with Crippen molar-refractivity contribution in [3.63, 3.8) is 0 Å². The van der Waals surface area contributed by atoms with Crippen LogP contribution in [0.2, 0.25) is 0 Å². The molecule has 2 aliphatic carbocycles. The number of hydrogen-bond donors (Lipinski definition) is 0. The summed E-state index contributed by atoms with van der Waals surface area (Å²) >= 11 is 0. The largest absolute Gasteiger partial charge is 0.497 e. The predicted molar refractivity (Wildman–Crippen MR) is 75.7 cm³/mol. The second kappa shape index (κ2) is 5.17. The summed E-state index contributed by atoms with van der Waals surface area (Å²) in [5, 5.41) is 0. The second-order valence-electron chi connectivity index (χ2n) is 5.70. The number of rotatable bonds is 3. The molecule has 0 saturated heterocycles. The molecule has 0 heterocycles. The summed E-state index contributed by atoms with van der Waals surface area (Å²) in [6, 6.07) is 8.40. The van der Waals surface area contributed by atoms with E-state index < -0.39 is 0 Å². The number of ether oxygens (including phenoxy) is 1. The molecule has 0 amide bonds. The Kier molecular flexibility index (Phi) is 3.40. The van der Waals surface area contributed by atoms with Crippen molar-refractivity contribution in [3.05, 3.63) is 35.4 Å². The molecule has 0 aliphatic heterocycles. The Balaban J connectivity index is 1.63. The highest BCUT2D eigenvalue weighted by molar-refractivity contribution is 5.58. The Morgan fingerprint density at radius 2 is 1.78 bits per heavy atom. The summed E-state index contributed by atoms with van der Waals surface area (Å²) in [5.41, 5.74) is 3.00. The van der Waals surface area contributed by atoms with Gasteiger partial charge in [0.2, 0.25) is 0 Å². The normalized spacial score (nSPS) is 26.3. The van der Waals surface area contributed by atoms with Gasteiger partial charge in [-0.25, -0.2) is 0 Å². The van der Waals surface area contributed by atoms with E-state index in [0.717, 1.165) is 17.6 Å². The number of allylic oxidation sites excluding steroid dienone is 1. The fraction of sp³-hybridized carbons (Fsp3) is 0.529. The van der Waals surface area contributed by atoms with Crippen molar-refractivity contribution >= 4 is 6.08 Å². The summed E-state index contributed by atoms with van der Waals surface area (Å²) in [6.45, 7) is 0. The molecule has 1 nitrogen and oxygen atoms in total. The Morgan fingerprint density at radius 3 is 2.44 bits per heavy atom. The molecule has 3 rings (SSSR count). The number of hydrogen-bond acceptors (Lipinski definition) is 1. The Labute approximate surface area is 110 Å². The zero-order valence-electron chi connectivity index (χ0n) is 11.2. The lowest BCUT2D eigenvalue weighted by atomic mass is 9.85. The van der Waals surface area contributed by atoms with Crippen LogP contribution in [0.25, 0.3) is 6.08 Å². The molecule has 1 aromatic carbocycles. The maximum Gasteiger partial charge on any atom is 0.118 e. The van der Waals surface area contributed by atoms with Crippen LogP contribution in [0.3, 0.4) is 0 Å². The van der Waals surface area contributed by atoms with Crippen molar-refractivity contribution in [1.82, 2.24) is 0 Å². The summed E-state index contributed by atoms with van der Waals surface area (Å²) in [7, 11) is 1.72. The van der Waals surface area contributed by atoms with E-state index in [-0.39, 0.29) is 0 Å². The standard InChI is InChI=1S/C17H22O/c1-18-16-9-7-13(8-10-16)11-15-12-17(15)14-5-3-2-4-6-14/h7-11,14,17H,2-6,12H2,1H3/b15-11-/t17-/m0/s1. The first kappa shape index (κ1) is 11.8. The lowest BCUT2D eigenvalue weighted by Crippen LogP contribution is -2.07. The van der Waals surface area contributed by atoms with Gasteiger partial charge >= 0.3 is 0 Å². The maximum atomic E-state index is 5.19. The Hall–Kier alpha value is -1.24. The fourth-order valence-corrected chi connectivity index (χ4v) is 3.28. The van der Waals surface area contributed by atoms with Gasteiger partial charge in [0.25, 0.3) is 0 Å². The smallest absolute Gasteiger partial charge is 0.118 e. The summed E-state index contributed by atoms with van der Waals surface area (Å²) in [5.74, 6) is 2.84. The van der Waals surface area contributed by atoms with Gasteiger partial charge in [0.05, 0.1) is 7.11 Å². The fourth-order valence-electron chi connectivity index (χ4n) is 3.28. The van der Waals surface area contributed by atoms with E-state index in [9.17, 15) is 0 Å². The second-order valence-corrected chi connectivity index (χ2v) is 5.70. The van der Waals surface area contributed by atoms with Gasteiger partial charge in [-0.3, -0.25) is 0 Å². The van der Waals surface area contributed by atoms with Crippen molar-refractivity contribution in [2.24, 2.45) is 11.8 Å². The van der Waals surface area contributed by atoms with Gasteiger partial charge in [-0.05, 0) is 48.8 Å². The minimum absolute atomic E-state index is 0.910. The molecule has 0 N–H and O–H groups in total. The average Bonchev–Trinajstić information content (AvgIpc) is 3.20. The monoisotopic (exact) mass is 242 g/mol. The SMILES string of the molecule is COc1ccc(/C=C2/C[C@H]2C2CCCCC2)cc1. The van der Waals surface area contributed by atoms with Crippen LogP contribution < -0.4 is 4.74 Å². The average molecular weight is 242 g/mol. The molecule has 0 spiro atoms. The third-order valence-electron chi connectivity index (χ3n) is 4.46. The van der Waals surface area contributed by atoms with Crippen LogP contribution in [0, 0.1) is 11.8 Å². The predicted octanol–water partition coefficient (Wildman–Crippen LogP) is 4.68. The number of methoxy groups -OCH3 is 1. The van der Waals surface area contributed by atoms with Crippen LogP contribution in [0.15, 0.2) is 29.8 Å². The van der Waals surface area contributed by atoms with Gasteiger partial charge in [0.15, 0.2) is 0 Å². The molecular formula is C17H22O. The zero-order valence-corrected chi connectivity index (χ0v) is 11.2. The summed E-state index contributed by atoms with van der Waals surface area (Å²) in [4.78, 5) is 0. The van der Waals surface area contributed by atoms with Crippen LogP contribution in [-0.2, 0) is 0 Å².